The number of rotatable bonds is 6. The van der Waals surface area contributed by atoms with E-state index in [0.717, 1.165) is 51.4 Å². The van der Waals surface area contributed by atoms with E-state index >= 15 is 0 Å². The van der Waals surface area contributed by atoms with Gasteiger partial charge in [0, 0.05) is 32.2 Å². The molecule has 1 aliphatic heterocycles. The summed E-state index contributed by atoms with van der Waals surface area (Å²) in [5.41, 5.74) is 1.56. The second-order valence-electron chi connectivity index (χ2n) is 6.72. The summed E-state index contributed by atoms with van der Waals surface area (Å²) in [5.74, 6) is 0.897. The molecule has 6 nitrogen and oxygen atoms in total. The lowest BCUT2D eigenvalue weighted by molar-refractivity contribution is 0.0963. The first-order chi connectivity index (χ1) is 12.2. The van der Waals surface area contributed by atoms with Gasteiger partial charge in [0.15, 0.2) is 5.96 Å². The van der Waals surface area contributed by atoms with E-state index in [1.165, 1.54) is 25.7 Å². The molecule has 1 amide bonds. The molecule has 0 bridgehead atoms. The summed E-state index contributed by atoms with van der Waals surface area (Å²) < 4.78 is 5.07. The molecule has 2 N–H and O–H groups in total. The zero-order chi connectivity index (χ0) is 17.9. The van der Waals surface area contributed by atoms with Crippen molar-refractivity contribution in [3.63, 3.8) is 0 Å². The van der Waals surface area contributed by atoms with Crippen LogP contribution in [0.3, 0.4) is 0 Å². The molecule has 0 unspecified atom stereocenters. The molecule has 0 radical (unpaired) electrons. The molecule has 1 heterocycles. The van der Waals surface area contributed by atoms with E-state index in [0.29, 0.717) is 12.6 Å². The highest BCUT2D eigenvalue weighted by Crippen LogP contribution is 2.19. The van der Waals surface area contributed by atoms with E-state index in [9.17, 15) is 4.79 Å². The van der Waals surface area contributed by atoms with Crippen LogP contribution in [-0.2, 0) is 4.74 Å². The topological polar surface area (TPSA) is 66.0 Å². The van der Waals surface area contributed by atoms with Crippen LogP contribution >= 0.6 is 24.0 Å². The van der Waals surface area contributed by atoms with E-state index in [1.807, 2.05) is 6.92 Å². The number of hydrogen-bond acceptors (Lipinski definition) is 3. The van der Waals surface area contributed by atoms with Crippen LogP contribution in [0.4, 0.5) is 4.79 Å². The third-order valence-electron chi connectivity index (χ3n) is 4.79. The third kappa shape index (κ3) is 8.14. The summed E-state index contributed by atoms with van der Waals surface area (Å²) in [4.78, 5) is 18.3. The predicted octanol–water partition coefficient (Wildman–Crippen LogP) is 3.67. The van der Waals surface area contributed by atoms with Crippen molar-refractivity contribution in [3.8, 4) is 0 Å². The van der Waals surface area contributed by atoms with Crippen molar-refractivity contribution in [1.29, 1.82) is 0 Å². The van der Waals surface area contributed by atoms with E-state index in [2.05, 4.69) is 23.6 Å². The fourth-order valence-corrected chi connectivity index (χ4v) is 3.38. The molecule has 0 aromatic heterocycles. The van der Waals surface area contributed by atoms with Gasteiger partial charge in [-0.15, -0.1) is 24.0 Å². The number of likely N-dealkylation sites (tertiary alicyclic amines) is 1. The predicted molar refractivity (Wildman–Crippen MR) is 117 cm³/mol. The second kappa shape index (κ2) is 13.2. The number of carbonyl (C=O) groups excluding carboxylic acids is 1. The first-order valence-electron chi connectivity index (χ1n) is 9.87. The van der Waals surface area contributed by atoms with Gasteiger partial charge in [0.05, 0.1) is 6.61 Å². The second-order valence-corrected chi connectivity index (χ2v) is 6.72. The molecule has 0 saturated carbocycles. The maximum absolute atomic E-state index is 11.8. The Hall–Kier alpha value is -0.990. The smallest absolute Gasteiger partial charge is 0.409 e. The molecule has 2 rings (SSSR count). The lowest BCUT2D eigenvalue weighted by Crippen LogP contribution is -2.49. The molecular formula is C19H35IN4O2. The highest BCUT2D eigenvalue weighted by atomic mass is 127. The Balaban J connectivity index is 0.00000338. The molecule has 1 fully saturated rings. The van der Waals surface area contributed by atoms with Gasteiger partial charge < -0.3 is 20.3 Å². The van der Waals surface area contributed by atoms with E-state index in [-0.39, 0.29) is 30.1 Å². The molecular weight excluding hydrogens is 443 g/mol. The van der Waals surface area contributed by atoms with Gasteiger partial charge in [0.1, 0.15) is 0 Å². The Kier molecular flexibility index (Phi) is 11.7. The number of halogens is 1. The number of carbonyl (C=O) groups is 1. The molecule has 2 aliphatic rings. The molecule has 7 heteroatoms. The van der Waals surface area contributed by atoms with Crippen molar-refractivity contribution in [2.75, 3.05) is 32.8 Å². The quantitative estimate of drug-likeness (QED) is 0.265. The number of guanidine groups is 1. The van der Waals surface area contributed by atoms with Gasteiger partial charge in [-0.2, -0.15) is 0 Å². The molecule has 0 atom stereocenters. The average Bonchev–Trinajstić information content (AvgIpc) is 2.63. The summed E-state index contributed by atoms with van der Waals surface area (Å²) in [5, 5.41) is 6.86. The minimum absolute atomic E-state index is 0. The van der Waals surface area contributed by atoms with Crippen molar-refractivity contribution < 1.29 is 9.53 Å². The minimum atomic E-state index is -0.192. The van der Waals surface area contributed by atoms with Crippen LogP contribution in [0.5, 0.6) is 0 Å². The molecule has 1 aliphatic carbocycles. The number of ether oxygens (including phenoxy) is 1. The summed E-state index contributed by atoms with van der Waals surface area (Å²) in [6.45, 7) is 7.54. The van der Waals surface area contributed by atoms with Crippen LogP contribution in [-0.4, -0.2) is 55.8 Å². The van der Waals surface area contributed by atoms with Crippen LogP contribution in [0.1, 0.15) is 58.8 Å². The number of amides is 1. The average molecular weight is 478 g/mol. The van der Waals surface area contributed by atoms with Crippen LogP contribution < -0.4 is 10.6 Å². The number of piperidine rings is 1. The highest BCUT2D eigenvalue weighted by molar-refractivity contribution is 14.0. The molecule has 26 heavy (non-hydrogen) atoms. The van der Waals surface area contributed by atoms with Crippen molar-refractivity contribution in [2.24, 2.45) is 4.99 Å². The standard InChI is InChI=1S/C19H34N4O2.HI/c1-3-20-18(21-13-10-16-8-6-5-7-9-16)22-17-11-14-23(15-12-17)19(24)25-4-2;/h8,17H,3-7,9-15H2,1-2H3,(H2,20,21,22);1H. The Morgan fingerprint density at radius 3 is 2.69 bits per heavy atom. The molecule has 0 spiro atoms. The Morgan fingerprint density at radius 2 is 2.08 bits per heavy atom. The summed E-state index contributed by atoms with van der Waals surface area (Å²) in [6.07, 6.45) is 10.3. The zero-order valence-corrected chi connectivity index (χ0v) is 18.6. The van der Waals surface area contributed by atoms with Crippen LogP contribution in [0.15, 0.2) is 16.6 Å². The van der Waals surface area contributed by atoms with Gasteiger partial charge in [-0.3, -0.25) is 4.99 Å². The van der Waals surface area contributed by atoms with E-state index in [4.69, 9.17) is 9.73 Å². The normalized spacial score (nSPS) is 18.6. The minimum Gasteiger partial charge on any atom is -0.450 e. The molecule has 150 valence electrons. The summed E-state index contributed by atoms with van der Waals surface area (Å²) in [6, 6.07) is 0.359. The van der Waals surface area contributed by atoms with Crippen molar-refractivity contribution in [1.82, 2.24) is 15.5 Å². The van der Waals surface area contributed by atoms with Gasteiger partial charge in [-0.25, -0.2) is 4.79 Å². The van der Waals surface area contributed by atoms with Gasteiger partial charge in [-0.05, 0) is 58.8 Å². The Bertz CT molecular complexity index is 474. The van der Waals surface area contributed by atoms with Crippen molar-refractivity contribution in [3.05, 3.63) is 11.6 Å². The van der Waals surface area contributed by atoms with Crippen molar-refractivity contribution in [2.45, 2.75) is 64.8 Å². The number of allylic oxidation sites excluding steroid dienone is 1. The molecule has 0 aromatic carbocycles. The largest absolute Gasteiger partial charge is 0.450 e. The van der Waals surface area contributed by atoms with Gasteiger partial charge in [0.2, 0.25) is 0 Å². The maximum Gasteiger partial charge on any atom is 0.409 e. The fraction of sp³-hybridized carbons (Fsp3) is 0.789. The SMILES string of the molecule is CCNC(=NCCC1=CCCCC1)NC1CCN(C(=O)OCC)CC1.I. The maximum atomic E-state index is 11.8. The number of aliphatic imine (C=N–C) groups is 1. The number of hydrogen-bond donors (Lipinski definition) is 2. The van der Waals surface area contributed by atoms with Crippen LogP contribution in [0.25, 0.3) is 0 Å². The zero-order valence-electron chi connectivity index (χ0n) is 16.3. The third-order valence-corrected chi connectivity index (χ3v) is 4.79. The highest BCUT2D eigenvalue weighted by Gasteiger charge is 2.24. The lowest BCUT2D eigenvalue weighted by Gasteiger charge is -2.32. The molecule has 0 aromatic rings. The Morgan fingerprint density at radius 1 is 1.31 bits per heavy atom. The monoisotopic (exact) mass is 478 g/mol. The lowest BCUT2D eigenvalue weighted by atomic mass is 9.97. The fourth-order valence-electron chi connectivity index (χ4n) is 3.38. The van der Waals surface area contributed by atoms with Gasteiger partial charge in [0.25, 0.3) is 0 Å². The van der Waals surface area contributed by atoms with Crippen LogP contribution in [0, 0.1) is 0 Å². The van der Waals surface area contributed by atoms with E-state index in [1.54, 1.807) is 10.5 Å². The van der Waals surface area contributed by atoms with Crippen molar-refractivity contribution >= 4 is 36.0 Å². The molecule has 1 saturated heterocycles. The first-order valence-corrected chi connectivity index (χ1v) is 9.87. The first kappa shape index (κ1) is 23.0. The number of nitrogens with one attached hydrogen (secondary N) is 2. The van der Waals surface area contributed by atoms with E-state index < -0.39 is 0 Å². The van der Waals surface area contributed by atoms with Gasteiger partial charge in [-0.1, -0.05) is 11.6 Å². The van der Waals surface area contributed by atoms with Gasteiger partial charge >= 0.3 is 6.09 Å². The van der Waals surface area contributed by atoms with Crippen LogP contribution in [0.2, 0.25) is 0 Å². The Labute approximate surface area is 175 Å². The number of nitrogens with zero attached hydrogens (tertiary/aromatic N) is 2. The summed E-state index contributed by atoms with van der Waals surface area (Å²) in [7, 11) is 0. The summed E-state index contributed by atoms with van der Waals surface area (Å²) >= 11 is 0.